The Morgan fingerprint density at radius 3 is 2.72 bits per heavy atom. The highest BCUT2D eigenvalue weighted by molar-refractivity contribution is 7.92. The molecule has 11 heteroatoms. The zero-order valence-electron chi connectivity index (χ0n) is 27.4. The van der Waals surface area contributed by atoms with E-state index >= 15 is 0 Å². The molecule has 2 aromatic rings. The van der Waals surface area contributed by atoms with E-state index in [1.165, 1.54) is 11.1 Å². The number of allylic oxidation sites excluding steroid dienone is 1. The lowest BCUT2D eigenvalue weighted by molar-refractivity contribution is 0.0133. The molecule has 6 rings (SSSR count). The Kier molecular flexibility index (Phi) is 10.8. The third kappa shape index (κ3) is 8.51. The molecule has 0 aromatic heterocycles. The van der Waals surface area contributed by atoms with E-state index in [2.05, 4.69) is 43.6 Å². The Hall–Kier alpha value is -3.08. The first-order valence-electron chi connectivity index (χ1n) is 17.1. The van der Waals surface area contributed by atoms with E-state index in [1.54, 1.807) is 13.2 Å². The summed E-state index contributed by atoms with van der Waals surface area (Å²) in [5.74, 6) is 0.820. The SMILES string of the molecule is CC[C@H]1C/C=C/[C@H](OC)[C@@H]2CC[C@H]2CN2Cc3ccc(Cl)cc3CCCCOc3ccc(cc32)C(=O)N=S(=O)(NC(=O)NC2CC2)C1. The number of halogens is 1. The number of urea groups is 1. The van der Waals surface area contributed by atoms with Crippen molar-refractivity contribution in [3.63, 3.8) is 0 Å². The molecule has 0 radical (unpaired) electrons. The van der Waals surface area contributed by atoms with Crippen LogP contribution in [0, 0.1) is 17.8 Å². The molecule has 2 heterocycles. The zero-order chi connectivity index (χ0) is 33.0. The van der Waals surface area contributed by atoms with Gasteiger partial charge in [0.2, 0.25) is 0 Å². The minimum Gasteiger partial charge on any atom is -0.491 e. The summed E-state index contributed by atoms with van der Waals surface area (Å²) in [7, 11) is -1.67. The molecule has 2 aliphatic carbocycles. The summed E-state index contributed by atoms with van der Waals surface area (Å²) in [4.78, 5) is 29.0. The van der Waals surface area contributed by atoms with Gasteiger partial charge in [-0.25, -0.2) is 9.00 Å². The van der Waals surface area contributed by atoms with Crippen LogP contribution >= 0.6 is 11.6 Å². The van der Waals surface area contributed by atoms with E-state index in [9.17, 15) is 13.8 Å². The van der Waals surface area contributed by atoms with Crippen LogP contribution in [0.25, 0.3) is 0 Å². The Balaban J connectivity index is 1.44. The molecule has 2 aromatic carbocycles. The molecule has 9 nitrogen and oxygen atoms in total. The maximum atomic E-state index is 14.4. The van der Waals surface area contributed by atoms with Gasteiger partial charge in [-0.3, -0.25) is 9.52 Å². The molecule has 5 atom stereocenters. The molecule has 2 N–H and O–H groups in total. The van der Waals surface area contributed by atoms with Gasteiger partial charge < -0.3 is 19.7 Å². The van der Waals surface area contributed by atoms with Crippen molar-refractivity contribution >= 4 is 39.1 Å². The molecular formula is C36H47ClN4O5S. The molecule has 3 amide bonds. The largest absolute Gasteiger partial charge is 0.491 e. The van der Waals surface area contributed by atoms with Gasteiger partial charge in [-0.15, -0.1) is 4.36 Å². The van der Waals surface area contributed by atoms with Gasteiger partial charge in [-0.05, 0) is 111 Å². The van der Waals surface area contributed by atoms with Gasteiger partial charge in [0.15, 0.2) is 0 Å². The van der Waals surface area contributed by atoms with Crippen molar-refractivity contribution in [1.82, 2.24) is 10.0 Å². The number of hydrogen-bond donors (Lipinski definition) is 2. The van der Waals surface area contributed by atoms with Crippen molar-refractivity contribution in [2.24, 2.45) is 22.1 Å². The summed E-state index contributed by atoms with van der Waals surface area (Å²) in [6.45, 7) is 3.94. The van der Waals surface area contributed by atoms with Crippen molar-refractivity contribution in [2.75, 3.05) is 30.9 Å². The second-order valence-electron chi connectivity index (χ2n) is 13.5. The number of carbonyl (C=O) groups excluding carboxylic acids is 2. The lowest BCUT2D eigenvalue weighted by Crippen LogP contribution is -2.43. The van der Waals surface area contributed by atoms with Crippen LogP contribution in [0.1, 0.15) is 79.8 Å². The minimum atomic E-state index is -3.44. The molecule has 0 saturated heterocycles. The van der Waals surface area contributed by atoms with E-state index in [1.807, 2.05) is 25.1 Å². The molecule has 2 saturated carbocycles. The van der Waals surface area contributed by atoms with Crippen LogP contribution in [-0.4, -0.2) is 54.3 Å². The van der Waals surface area contributed by atoms with E-state index < -0.39 is 21.9 Å². The number of anilines is 1. The Morgan fingerprint density at radius 1 is 1.13 bits per heavy atom. The maximum absolute atomic E-state index is 14.4. The van der Waals surface area contributed by atoms with Gasteiger partial charge in [0.25, 0.3) is 5.91 Å². The number of benzene rings is 2. The van der Waals surface area contributed by atoms with E-state index in [4.69, 9.17) is 21.1 Å². The number of hydrogen-bond acceptors (Lipinski definition) is 6. The van der Waals surface area contributed by atoms with Crippen LogP contribution in [0.3, 0.4) is 0 Å². The molecule has 2 fully saturated rings. The van der Waals surface area contributed by atoms with Crippen molar-refractivity contribution in [2.45, 2.75) is 83.4 Å². The van der Waals surface area contributed by atoms with Gasteiger partial charge in [-0.2, -0.15) is 0 Å². The number of rotatable bonds is 4. The highest BCUT2D eigenvalue weighted by Crippen LogP contribution is 2.42. The monoisotopic (exact) mass is 682 g/mol. The number of fused-ring (bicyclic) bond motifs is 3. The summed E-state index contributed by atoms with van der Waals surface area (Å²) in [5, 5.41) is 3.56. The molecule has 1 unspecified atom stereocenters. The number of amides is 3. The average Bonchev–Trinajstić information content (AvgIpc) is 3.85. The standard InChI is InChI=1S/C36H47ClN4O5S/c1-3-24-7-6-9-33(45-2)31-16-11-28(31)22-41-21-27-10-13-29(37)19-25(27)8-4-5-18-46-34-17-12-26(20-32(34)41)35(42)39-47(44,23-24)40-36(43)38-30-14-15-30/h6,9-10,12-13,17,19-20,24,28,30-31,33H,3-5,7-8,11,14-16,18,21-23H2,1-2H3,(H2,38,39,40,42,43,44)/b9-6+/t24-,28-,31+,33-,47?/m0/s1. The molecule has 2 aliphatic heterocycles. The van der Waals surface area contributed by atoms with Gasteiger partial charge in [0, 0.05) is 36.8 Å². The van der Waals surface area contributed by atoms with Crippen LogP contribution < -0.4 is 19.7 Å². The second-order valence-corrected chi connectivity index (χ2v) is 15.9. The quantitative estimate of drug-likeness (QED) is 0.334. The summed E-state index contributed by atoms with van der Waals surface area (Å²) < 4.78 is 33.6. The fourth-order valence-electron chi connectivity index (χ4n) is 6.94. The Morgan fingerprint density at radius 2 is 1.98 bits per heavy atom. The molecule has 2 bridgehead atoms. The zero-order valence-corrected chi connectivity index (χ0v) is 29.0. The predicted molar refractivity (Wildman–Crippen MR) is 186 cm³/mol. The Bertz CT molecular complexity index is 1620. The second kappa shape index (κ2) is 15.0. The molecule has 4 aliphatic rings. The first kappa shape index (κ1) is 33.8. The summed E-state index contributed by atoms with van der Waals surface area (Å²) in [6, 6.07) is 11.0. The Labute approximate surface area is 284 Å². The third-order valence-corrected chi connectivity index (χ3v) is 12.2. The lowest BCUT2D eigenvalue weighted by atomic mass is 9.70. The van der Waals surface area contributed by atoms with Crippen LogP contribution in [-0.2, 0) is 27.6 Å². The van der Waals surface area contributed by atoms with E-state index in [0.717, 1.165) is 68.6 Å². The normalized spacial score (nSPS) is 29.0. The third-order valence-electron chi connectivity index (χ3n) is 10.0. The highest BCUT2D eigenvalue weighted by Gasteiger charge is 2.38. The van der Waals surface area contributed by atoms with E-state index in [-0.39, 0.29) is 23.8 Å². The number of methoxy groups -OCH3 is 1. The van der Waals surface area contributed by atoms with Gasteiger partial charge >= 0.3 is 6.03 Å². The number of carbonyl (C=O) groups is 2. The van der Waals surface area contributed by atoms with Crippen molar-refractivity contribution in [1.29, 1.82) is 0 Å². The van der Waals surface area contributed by atoms with Gasteiger partial charge in [-0.1, -0.05) is 43.2 Å². The van der Waals surface area contributed by atoms with Crippen LogP contribution in [0.5, 0.6) is 5.75 Å². The highest BCUT2D eigenvalue weighted by atomic mass is 35.5. The number of aryl methyl sites for hydroxylation is 1. The van der Waals surface area contributed by atoms with Crippen LogP contribution in [0.2, 0.25) is 5.02 Å². The summed E-state index contributed by atoms with van der Waals surface area (Å²) in [5.41, 5.74) is 3.52. The van der Waals surface area contributed by atoms with E-state index in [0.29, 0.717) is 42.7 Å². The van der Waals surface area contributed by atoms with Crippen molar-refractivity contribution in [3.05, 3.63) is 70.3 Å². The lowest BCUT2D eigenvalue weighted by Gasteiger charge is -2.43. The van der Waals surface area contributed by atoms with Gasteiger partial charge in [0.05, 0.1) is 24.2 Å². The van der Waals surface area contributed by atoms with Crippen molar-refractivity contribution < 1.29 is 23.3 Å². The topological polar surface area (TPSA) is 109 Å². The molecular weight excluding hydrogens is 636 g/mol. The maximum Gasteiger partial charge on any atom is 0.327 e. The molecule has 47 heavy (non-hydrogen) atoms. The fraction of sp³-hybridized carbons (Fsp3) is 0.556. The molecule has 254 valence electrons. The first-order valence-corrected chi connectivity index (χ1v) is 19.2. The smallest absolute Gasteiger partial charge is 0.327 e. The minimum absolute atomic E-state index is 0.0469. The average molecular weight is 683 g/mol. The number of nitrogens with zero attached hydrogens (tertiary/aromatic N) is 2. The number of nitrogens with one attached hydrogen (secondary N) is 2. The van der Waals surface area contributed by atoms with Crippen LogP contribution in [0.4, 0.5) is 10.5 Å². The summed E-state index contributed by atoms with van der Waals surface area (Å²) in [6.07, 6.45) is 12.3. The fourth-order valence-corrected chi connectivity index (χ4v) is 9.07. The number of ether oxygens (including phenoxy) is 2. The van der Waals surface area contributed by atoms with Crippen molar-refractivity contribution in [3.8, 4) is 5.75 Å². The predicted octanol–water partition coefficient (Wildman–Crippen LogP) is 7.07. The summed E-state index contributed by atoms with van der Waals surface area (Å²) >= 11 is 6.45. The van der Waals surface area contributed by atoms with Gasteiger partial charge in [0.1, 0.15) is 15.7 Å². The van der Waals surface area contributed by atoms with Crippen LogP contribution in [0.15, 0.2) is 52.9 Å². The first-order chi connectivity index (χ1) is 22.7. The molecule has 0 spiro atoms.